The van der Waals surface area contributed by atoms with Crippen LogP contribution in [0.3, 0.4) is 0 Å². The lowest BCUT2D eigenvalue weighted by Gasteiger charge is -2.52. The molecule has 0 N–H and O–H groups in total. The quantitative estimate of drug-likeness (QED) is 0.388. The Morgan fingerprint density at radius 3 is 2.45 bits per heavy atom. The molecule has 1 fully saturated rings. The molecule has 146 valence electrons. The number of Topliss-reactive ketones (excluding diaryl/α,β-unsaturated/α-hetero) is 1. The Kier molecular flexibility index (Phi) is 5.06. The number of benzene rings is 2. The van der Waals surface area contributed by atoms with Gasteiger partial charge in [0.2, 0.25) is 5.78 Å². The first kappa shape index (κ1) is 19.1. The fraction of sp³-hybridized carbons (Fsp3) is 0.231. The molecule has 0 aliphatic heterocycles. The normalized spacial score (nSPS) is 23.7. The minimum Gasteiger partial charge on any atom is -0.297 e. The van der Waals surface area contributed by atoms with E-state index in [0.29, 0.717) is 5.82 Å². The number of hydrogen-bond acceptors (Lipinski definition) is 2. The molecule has 0 saturated heterocycles. The third-order valence-electron chi connectivity index (χ3n) is 6.32. The number of nitrogens with zero attached hydrogens (tertiary/aromatic N) is 2. The average Bonchev–Trinajstić information content (AvgIpc) is 3.22. The monoisotopic (exact) mass is 382 g/mol. The first-order valence-corrected chi connectivity index (χ1v) is 10.0. The average molecular weight is 383 g/mol. The van der Waals surface area contributed by atoms with Crippen LogP contribution in [-0.4, -0.2) is 15.3 Å². The van der Waals surface area contributed by atoms with Crippen LogP contribution in [0.4, 0.5) is 0 Å². The molecule has 3 nitrogen and oxygen atoms in total. The van der Waals surface area contributed by atoms with Gasteiger partial charge in [0.1, 0.15) is 0 Å². The van der Waals surface area contributed by atoms with Crippen molar-refractivity contribution in [3.05, 3.63) is 103 Å². The van der Waals surface area contributed by atoms with Gasteiger partial charge in [-0.15, -0.1) is 0 Å². The molecule has 1 saturated carbocycles. The Hall–Kier alpha value is -3.20. The second-order valence-corrected chi connectivity index (χ2v) is 8.12. The van der Waals surface area contributed by atoms with Gasteiger partial charge in [-0.05, 0) is 42.4 Å². The maximum Gasteiger partial charge on any atom is 0.202 e. The van der Waals surface area contributed by atoms with E-state index in [1.165, 1.54) is 0 Å². The van der Waals surface area contributed by atoms with Crippen LogP contribution >= 0.6 is 0 Å². The number of ketones is 1. The number of aromatic nitrogens is 2. The summed E-state index contributed by atoms with van der Waals surface area (Å²) in [6.07, 6.45) is 8.66. The molecule has 3 atom stereocenters. The minimum atomic E-state index is -0.0958. The largest absolute Gasteiger partial charge is 0.297 e. The summed E-state index contributed by atoms with van der Waals surface area (Å²) in [5.41, 5.74) is 3.14. The highest BCUT2D eigenvalue weighted by Gasteiger charge is 2.53. The van der Waals surface area contributed by atoms with Gasteiger partial charge in [0, 0.05) is 24.0 Å². The van der Waals surface area contributed by atoms with Crippen molar-refractivity contribution in [1.82, 2.24) is 9.55 Å². The third-order valence-corrected chi connectivity index (χ3v) is 6.32. The van der Waals surface area contributed by atoms with Gasteiger partial charge in [-0.2, -0.15) is 0 Å². The molecule has 2 aromatic carbocycles. The summed E-state index contributed by atoms with van der Waals surface area (Å²) in [5.74, 6) is 0.610. The molecule has 1 aliphatic carbocycles. The molecule has 3 heteroatoms. The van der Waals surface area contributed by atoms with E-state index in [-0.39, 0.29) is 23.0 Å². The van der Waals surface area contributed by atoms with Gasteiger partial charge in [0.05, 0.1) is 0 Å². The van der Waals surface area contributed by atoms with Crippen LogP contribution in [0, 0.1) is 17.3 Å². The van der Waals surface area contributed by atoms with E-state index in [1.807, 2.05) is 59.3 Å². The number of hydrogen-bond donors (Lipinski definition) is 0. The standard InChI is InChI=1S/C26H26N2O/c1-19(2)26(3)18-22(23(26)15-14-20-10-6-4-7-11-20)24(29)25-27-16-17-28(25)21-12-8-5-9-13-21/h4-17,22-23H,1,18H2,2-3H3/b15-14+/t22-,23+,26-/m0/s1. The van der Waals surface area contributed by atoms with Gasteiger partial charge in [-0.25, -0.2) is 4.98 Å². The zero-order valence-electron chi connectivity index (χ0n) is 17.0. The summed E-state index contributed by atoms with van der Waals surface area (Å²) in [4.78, 5) is 17.9. The van der Waals surface area contributed by atoms with E-state index in [4.69, 9.17) is 0 Å². The lowest BCUT2D eigenvalue weighted by molar-refractivity contribution is 0.0346. The Morgan fingerprint density at radius 2 is 1.79 bits per heavy atom. The van der Waals surface area contributed by atoms with Crippen LogP contribution in [0.25, 0.3) is 11.8 Å². The lowest BCUT2D eigenvalue weighted by Crippen LogP contribution is -2.49. The lowest BCUT2D eigenvalue weighted by atomic mass is 9.51. The van der Waals surface area contributed by atoms with Crippen LogP contribution in [0.2, 0.25) is 0 Å². The number of allylic oxidation sites excluding steroid dienone is 2. The van der Waals surface area contributed by atoms with E-state index in [0.717, 1.165) is 23.2 Å². The maximum atomic E-state index is 13.5. The molecule has 0 bridgehead atoms. The first-order chi connectivity index (χ1) is 14.0. The number of para-hydroxylation sites is 1. The summed E-state index contributed by atoms with van der Waals surface area (Å²) in [7, 11) is 0. The SMILES string of the molecule is C=C(C)[C@]1(C)C[C@H](C(=O)c2nccn2-c2ccccc2)[C@H]1/C=C/c1ccccc1. The van der Waals surface area contributed by atoms with Crippen molar-refractivity contribution in [2.75, 3.05) is 0 Å². The fourth-order valence-corrected chi connectivity index (χ4v) is 4.29. The second-order valence-electron chi connectivity index (χ2n) is 8.12. The predicted molar refractivity (Wildman–Crippen MR) is 118 cm³/mol. The molecular formula is C26H26N2O. The van der Waals surface area contributed by atoms with Gasteiger partial charge in [-0.1, -0.05) is 79.8 Å². The molecule has 0 amide bonds. The van der Waals surface area contributed by atoms with Crippen molar-refractivity contribution in [2.45, 2.75) is 20.3 Å². The van der Waals surface area contributed by atoms with Crippen molar-refractivity contribution in [3.8, 4) is 5.69 Å². The second kappa shape index (κ2) is 7.67. The highest BCUT2D eigenvalue weighted by atomic mass is 16.1. The Balaban J connectivity index is 1.64. The number of imidazole rings is 1. The van der Waals surface area contributed by atoms with Crippen LogP contribution in [-0.2, 0) is 0 Å². The number of carbonyl (C=O) groups excluding carboxylic acids is 1. The summed E-state index contributed by atoms with van der Waals surface area (Å²) >= 11 is 0. The van der Waals surface area contributed by atoms with Crippen molar-refractivity contribution in [1.29, 1.82) is 0 Å². The third kappa shape index (κ3) is 3.49. The summed E-state index contributed by atoms with van der Waals surface area (Å²) in [6.45, 7) is 8.49. The van der Waals surface area contributed by atoms with Crippen molar-refractivity contribution < 1.29 is 4.79 Å². The molecule has 3 aromatic rings. The van der Waals surface area contributed by atoms with Crippen LogP contribution in [0.5, 0.6) is 0 Å². The molecule has 0 radical (unpaired) electrons. The van der Waals surface area contributed by atoms with Gasteiger partial charge in [0.25, 0.3) is 0 Å². The molecule has 1 aliphatic rings. The van der Waals surface area contributed by atoms with Gasteiger partial charge in [0.15, 0.2) is 5.82 Å². The van der Waals surface area contributed by atoms with E-state index in [1.54, 1.807) is 6.20 Å². The van der Waals surface area contributed by atoms with Crippen LogP contribution in [0.15, 0.2) is 91.3 Å². The van der Waals surface area contributed by atoms with E-state index < -0.39 is 0 Å². The van der Waals surface area contributed by atoms with Crippen LogP contribution in [0.1, 0.15) is 36.5 Å². The van der Waals surface area contributed by atoms with Crippen molar-refractivity contribution in [3.63, 3.8) is 0 Å². The molecule has 1 aromatic heterocycles. The first-order valence-electron chi connectivity index (χ1n) is 10.0. The van der Waals surface area contributed by atoms with Crippen LogP contribution < -0.4 is 0 Å². The number of rotatable bonds is 6. The Labute approximate surface area is 172 Å². The topological polar surface area (TPSA) is 34.9 Å². The van der Waals surface area contributed by atoms with Gasteiger partial charge >= 0.3 is 0 Å². The highest BCUT2D eigenvalue weighted by Crippen LogP contribution is 2.56. The van der Waals surface area contributed by atoms with E-state index in [2.05, 4.69) is 49.7 Å². The molecule has 4 rings (SSSR count). The fourth-order valence-electron chi connectivity index (χ4n) is 4.29. The van der Waals surface area contributed by atoms with Gasteiger partial charge < -0.3 is 0 Å². The Morgan fingerprint density at radius 1 is 1.14 bits per heavy atom. The van der Waals surface area contributed by atoms with Crippen molar-refractivity contribution in [2.24, 2.45) is 17.3 Å². The van der Waals surface area contributed by atoms with E-state index >= 15 is 0 Å². The summed E-state index contributed by atoms with van der Waals surface area (Å²) < 4.78 is 1.89. The zero-order chi connectivity index (χ0) is 20.4. The predicted octanol–water partition coefficient (Wildman–Crippen LogP) is 5.99. The highest BCUT2D eigenvalue weighted by molar-refractivity contribution is 5.96. The number of carbonyl (C=O) groups is 1. The molecule has 1 heterocycles. The summed E-state index contributed by atoms with van der Waals surface area (Å²) in [5, 5.41) is 0. The smallest absolute Gasteiger partial charge is 0.202 e. The zero-order valence-corrected chi connectivity index (χ0v) is 17.0. The molecule has 0 unspecified atom stereocenters. The van der Waals surface area contributed by atoms with Gasteiger partial charge in [-0.3, -0.25) is 9.36 Å². The maximum absolute atomic E-state index is 13.5. The van der Waals surface area contributed by atoms with Crippen molar-refractivity contribution >= 4 is 11.9 Å². The Bertz CT molecular complexity index is 1050. The minimum absolute atomic E-state index is 0.0736. The summed E-state index contributed by atoms with van der Waals surface area (Å²) in [6, 6.07) is 20.1. The molecule has 0 spiro atoms. The molecular weight excluding hydrogens is 356 g/mol. The molecule has 29 heavy (non-hydrogen) atoms. The van der Waals surface area contributed by atoms with E-state index in [9.17, 15) is 4.79 Å².